The topological polar surface area (TPSA) is 79.8 Å². The smallest absolute Gasteiger partial charge is 0.220 e. The molecule has 3 heterocycles. The SMILES string of the molecule is CCC(=O)NC(C)c1ncc(-c2cccc(Nc3cc(C)ccn3)n2)s1. The van der Waals surface area contributed by atoms with E-state index >= 15 is 0 Å². The summed E-state index contributed by atoms with van der Waals surface area (Å²) in [4.78, 5) is 25.9. The molecule has 0 aliphatic rings. The van der Waals surface area contributed by atoms with Crippen LogP contribution in [0.4, 0.5) is 11.6 Å². The van der Waals surface area contributed by atoms with E-state index in [9.17, 15) is 4.79 Å². The van der Waals surface area contributed by atoms with Gasteiger partial charge in [-0.2, -0.15) is 0 Å². The van der Waals surface area contributed by atoms with E-state index in [2.05, 4.69) is 25.6 Å². The highest BCUT2D eigenvalue weighted by atomic mass is 32.1. The minimum absolute atomic E-state index is 0.0178. The van der Waals surface area contributed by atoms with Crippen LogP contribution in [0.2, 0.25) is 0 Å². The molecule has 0 aliphatic heterocycles. The Balaban J connectivity index is 1.77. The van der Waals surface area contributed by atoms with Crippen LogP contribution in [0, 0.1) is 6.92 Å². The Morgan fingerprint density at radius 1 is 1.23 bits per heavy atom. The van der Waals surface area contributed by atoms with Crippen molar-refractivity contribution >= 4 is 28.9 Å². The molecule has 26 heavy (non-hydrogen) atoms. The normalized spacial score (nSPS) is 11.8. The number of thiazole rings is 1. The van der Waals surface area contributed by atoms with Crippen LogP contribution in [-0.2, 0) is 4.79 Å². The van der Waals surface area contributed by atoms with Gasteiger partial charge in [0.15, 0.2) is 0 Å². The van der Waals surface area contributed by atoms with Gasteiger partial charge in [0.05, 0.1) is 16.6 Å². The van der Waals surface area contributed by atoms with E-state index in [1.165, 1.54) is 11.3 Å². The second-order valence-corrected chi connectivity index (χ2v) is 7.02. The van der Waals surface area contributed by atoms with Crippen LogP contribution in [0.3, 0.4) is 0 Å². The van der Waals surface area contributed by atoms with Crippen molar-refractivity contribution in [3.8, 4) is 10.6 Å². The number of pyridine rings is 2. The number of aromatic nitrogens is 3. The Kier molecular flexibility index (Phi) is 5.58. The summed E-state index contributed by atoms with van der Waals surface area (Å²) in [5.74, 6) is 1.50. The van der Waals surface area contributed by atoms with Crippen molar-refractivity contribution in [3.63, 3.8) is 0 Å². The van der Waals surface area contributed by atoms with E-state index in [1.54, 1.807) is 12.4 Å². The van der Waals surface area contributed by atoms with Crippen molar-refractivity contribution in [2.24, 2.45) is 0 Å². The highest BCUT2D eigenvalue weighted by Crippen LogP contribution is 2.29. The summed E-state index contributed by atoms with van der Waals surface area (Å²) in [6, 6.07) is 9.60. The summed E-state index contributed by atoms with van der Waals surface area (Å²) < 4.78 is 0. The van der Waals surface area contributed by atoms with Crippen LogP contribution in [0.15, 0.2) is 42.7 Å². The van der Waals surface area contributed by atoms with Crippen molar-refractivity contribution in [2.45, 2.75) is 33.2 Å². The number of hydrogen-bond donors (Lipinski definition) is 2. The fourth-order valence-electron chi connectivity index (χ4n) is 2.39. The summed E-state index contributed by atoms with van der Waals surface area (Å²) in [6.45, 7) is 5.79. The first-order chi connectivity index (χ1) is 12.5. The van der Waals surface area contributed by atoms with Crippen LogP contribution >= 0.6 is 11.3 Å². The van der Waals surface area contributed by atoms with Gasteiger partial charge in [0.1, 0.15) is 16.6 Å². The first-order valence-electron chi connectivity index (χ1n) is 8.47. The van der Waals surface area contributed by atoms with E-state index in [1.807, 2.05) is 51.1 Å². The predicted molar refractivity (Wildman–Crippen MR) is 104 cm³/mol. The maximum atomic E-state index is 11.6. The lowest BCUT2D eigenvalue weighted by atomic mass is 10.3. The third-order valence-corrected chi connectivity index (χ3v) is 4.97. The van der Waals surface area contributed by atoms with E-state index in [0.29, 0.717) is 6.42 Å². The number of carbonyl (C=O) groups is 1. The summed E-state index contributed by atoms with van der Waals surface area (Å²) in [7, 11) is 0. The van der Waals surface area contributed by atoms with Crippen molar-refractivity contribution < 1.29 is 4.79 Å². The van der Waals surface area contributed by atoms with Crippen LogP contribution < -0.4 is 10.6 Å². The molecule has 0 spiro atoms. The standard InChI is InChI=1S/C19H21N5OS/c1-4-18(25)22-13(3)19-21-11-15(26-19)14-6-5-7-16(23-14)24-17-10-12(2)8-9-20-17/h5-11,13H,4H2,1-3H3,(H,22,25)(H,20,23,24). The number of aryl methyl sites for hydroxylation is 1. The largest absolute Gasteiger partial charge is 0.347 e. The lowest BCUT2D eigenvalue weighted by Crippen LogP contribution is -2.25. The van der Waals surface area contributed by atoms with E-state index < -0.39 is 0 Å². The summed E-state index contributed by atoms with van der Waals surface area (Å²) in [5.41, 5.74) is 1.97. The van der Waals surface area contributed by atoms with Gasteiger partial charge in [-0.25, -0.2) is 15.0 Å². The fraction of sp³-hybridized carbons (Fsp3) is 0.263. The molecule has 6 nitrogen and oxygen atoms in total. The van der Waals surface area contributed by atoms with Crippen LogP contribution in [0.25, 0.3) is 10.6 Å². The maximum Gasteiger partial charge on any atom is 0.220 e. The number of anilines is 2. The monoisotopic (exact) mass is 367 g/mol. The Morgan fingerprint density at radius 3 is 2.85 bits per heavy atom. The number of rotatable bonds is 6. The second kappa shape index (κ2) is 8.05. The fourth-order valence-corrected chi connectivity index (χ4v) is 3.28. The first kappa shape index (κ1) is 18.0. The van der Waals surface area contributed by atoms with Gasteiger partial charge in [0, 0.05) is 18.8 Å². The molecule has 3 aromatic rings. The molecule has 1 atom stereocenters. The molecule has 0 fully saturated rings. The molecule has 2 N–H and O–H groups in total. The molecule has 0 saturated carbocycles. The minimum atomic E-state index is -0.112. The average molecular weight is 367 g/mol. The molecule has 134 valence electrons. The van der Waals surface area contributed by atoms with Crippen LogP contribution in [0.1, 0.15) is 36.9 Å². The zero-order valence-electron chi connectivity index (χ0n) is 15.0. The summed E-state index contributed by atoms with van der Waals surface area (Å²) >= 11 is 1.53. The highest BCUT2D eigenvalue weighted by Gasteiger charge is 2.14. The van der Waals surface area contributed by atoms with Gasteiger partial charge in [-0.05, 0) is 43.7 Å². The van der Waals surface area contributed by atoms with Crippen molar-refractivity contribution in [3.05, 3.63) is 53.3 Å². The molecule has 0 aliphatic carbocycles. The van der Waals surface area contributed by atoms with Crippen molar-refractivity contribution in [1.29, 1.82) is 0 Å². The molecule has 0 bridgehead atoms. The van der Waals surface area contributed by atoms with Gasteiger partial charge in [-0.3, -0.25) is 4.79 Å². The van der Waals surface area contributed by atoms with E-state index in [-0.39, 0.29) is 11.9 Å². The molecule has 0 radical (unpaired) electrons. The number of nitrogens with one attached hydrogen (secondary N) is 2. The quantitative estimate of drug-likeness (QED) is 0.681. The average Bonchev–Trinajstić information content (AvgIpc) is 3.12. The van der Waals surface area contributed by atoms with Gasteiger partial charge in [-0.1, -0.05) is 13.0 Å². The van der Waals surface area contributed by atoms with Crippen molar-refractivity contribution in [1.82, 2.24) is 20.3 Å². The zero-order valence-corrected chi connectivity index (χ0v) is 15.8. The lowest BCUT2D eigenvalue weighted by molar-refractivity contribution is -0.121. The van der Waals surface area contributed by atoms with Crippen LogP contribution in [-0.4, -0.2) is 20.9 Å². The van der Waals surface area contributed by atoms with Gasteiger partial charge in [0.25, 0.3) is 0 Å². The number of carbonyl (C=O) groups excluding carboxylic acids is 1. The molecule has 0 saturated heterocycles. The van der Waals surface area contributed by atoms with Crippen molar-refractivity contribution in [2.75, 3.05) is 5.32 Å². The third kappa shape index (κ3) is 4.43. The van der Waals surface area contributed by atoms with Gasteiger partial charge < -0.3 is 10.6 Å². The number of amides is 1. The Labute approximate surface area is 156 Å². The lowest BCUT2D eigenvalue weighted by Gasteiger charge is -2.09. The van der Waals surface area contributed by atoms with Gasteiger partial charge in [0.2, 0.25) is 5.91 Å². The summed E-state index contributed by atoms with van der Waals surface area (Å²) in [5, 5.41) is 7.01. The first-order valence-corrected chi connectivity index (χ1v) is 9.29. The maximum absolute atomic E-state index is 11.6. The molecule has 7 heteroatoms. The molecule has 0 aromatic carbocycles. The molecular formula is C19H21N5OS. The second-order valence-electron chi connectivity index (χ2n) is 5.96. The highest BCUT2D eigenvalue weighted by molar-refractivity contribution is 7.15. The minimum Gasteiger partial charge on any atom is -0.347 e. The Bertz CT molecular complexity index is 908. The number of hydrogen-bond acceptors (Lipinski definition) is 6. The molecule has 1 amide bonds. The number of nitrogens with zero attached hydrogens (tertiary/aromatic N) is 3. The molecule has 3 rings (SSSR count). The van der Waals surface area contributed by atoms with E-state index in [0.717, 1.165) is 32.8 Å². The van der Waals surface area contributed by atoms with E-state index in [4.69, 9.17) is 0 Å². The van der Waals surface area contributed by atoms with Gasteiger partial charge in [-0.15, -0.1) is 11.3 Å². The molecule has 3 aromatic heterocycles. The third-order valence-electron chi connectivity index (χ3n) is 3.77. The van der Waals surface area contributed by atoms with Crippen LogP contribution in [0.5, 0.6) is 0 Å². The predicted octanol–water partition coefficient (Wildman–Crippen LogP) is 4.24. The Hall–Kier alpha value is -2.80. The van der Waals surface area contributed by atoms with Gasteiger partial charge >= 0.3 is 0 Å². The Morgan fingerprint density at radius 2 is 2.08 bits per heavy atom. The molecule has 1 unspecified atom stereocenters. The molecular weight excluding hydrogens is 346 g/mol. The summed E-state index contributed by atoms with van der Waals surface area (Å²) in [6.07, 6.45) is 4.03. The zero-order chi connectivity index (χ0) is 18.5.